The minimum atomic E-state index is -0.423. The van der Waals surface area contributed by atoms with Gasteiger partial charge in [-0.2, -0.15) is 0 Å². The lowest BCUT2D eigenvalue weighted by Gasteiger charge is -2.36. The van der Waals surface area contributed by atoms with Crippen LogP contribution in [-0.2, 0) is 16.1 Å². The molecule has 21 heavy (non-hydrogen) atoms. The maximum atomic E-state index is 13.9. The van der Waals surface area contributed by atoms with E-state index in [9.17, 15) is 9.18 Å². The molecule has 5 nitrogen and oxygen atoms in total. The largest absolute Gasteiger partial charge is 0.377 e. The van der Waals surface area contributed by atoms with Gasteiger partial charge in [-0.3, -0.25) is 4.79 Å². The van der Waals surface area contributed by atoms with Gasteiger partial charge < -0.3 is 20.7 Å². The van der Waals surface area contributed by atoms with Gasteiger partial charge in [-0.25, -0.2) is 4.39 Å². The topological polar surface area (TPSA) is 67.6 Å². The summed E-state index contributed by atoms with van der Waals surface area (Å²) < 4.78 is 19.3. The van der Waals surface area contributed by atoms with Gasteiger partial charge in [0.05, 0.1) is 13.2 Å². The van der Waals surface area contributed by atoms with Crippen molar-refractivity contribution in [2.45, 2.75) is 25.9 Å². The Bertz CT molecular complexity index is 496. The van der Waals surface area contributed by atoms with Crippen LogP contribution in [0.4, 0.5) is 10.1 Å². The van der Waals surface area contributed by atoms with Crippen LogP contribution in [-0.4, -0.2) is 38.3 Å². The van der Waals surface area contributed by atoms with E-state index in [1.807, 2.05) is 11.8 Å². The highest BCUT2D eigenvalue weighted by Crippen LogP contribution is 2.22. The number of anilines is 1. The average Bonchev–Trinajstić information content (AvgIpc) is 2.52. The van der Waals surface area contributed by atoms with Crippen molar-refractivity contribution in [3.05, 3.63) is 29.6 Å². The highest BCUT2D eigenvalue weighted by Gasteiger charge is 2.29. The van der Waals surface area contributed by atoms with Crippen LogP contribution in [0.1, 0.15) is 18.9 Å². The van der Waals surface area contributed by atoms with Crippen LogP contribution >= 0.6 is 0 Å². The van der Waals surface area contributed by atoms with E-state index in [0.29, 0.717) is 37.6 Å². The lowest BCUT2D eigenvalue weighted by atomic mass is 10.1. The van der Waals surface area contributed by atoms with Gasteiger partial charge in [0.2, 0.25) is 5.91 Å². The first kappa shape index (κ1) is 15.7. The Balaban J connectivity index is 2.18. The number of hydrogen-bond acceptors (Lipinski definition) is 4. The molecule has 0 saturated carbocycles. The Morgan fingerprint density at radius 1 is 1.57 bits per heavy atom. The standard InChI is InChI=1S/C15H22FN3O2/c1-2-5-18-15(20)14-10-21-7-6-19(14)12-4-3-11(9-17)13(16)8-12/h3-4,8,14H,2,5-7,9-10,17H2,1H3,(H,18,20). The molecule has 0 spiro atoms. The number of benzene rings is 1. The van der Waals surface area contributed by atoms with Gasteiger partial charge >= 0.3 is 0 Å². The maximum absolute atomic E-state index is 13.9. The third-order valence-corrected chi connectivity index (χ3v) is 3.57. The van der Waals surface area contributed by atoms with Crippen molar-refractivity contribution in [3.8, 4) is 0 Å². The number of nitrogens with one attached hydrogen (secondary N) is 1. The summed E-state index contributed by atoms with van der Waals surface area (Å²) in [4.78, 5) is 14.1. The molecule has 2 rings (SSSR count). The number of amides is 1. The molecule has 1 unspecified atom stereocenters. The Hall–Kier alpha value is -1.66. The monoisotopic (exact) mass is 295 g/mol. The summed E-state index contributed by atoms with van der Waals surface area (Å²) in [5.41, 5.74) is 6.63. The fourth-order valence-electron chi connectivity index (χ4n) is 2.38. The van der Waals surface area contributed by atoms with E-state index in [1.54, 1.807) is 12.1 Å². The number of nitrogens with two attached hydrogens (primary N) is 1. The Kier molecular flexibility index (Phi) is 5.52. The van der Waals surface area contributed by atoms with Crippen molar-refractivity contribution in [3.63, 3.8) is 0 Å². The van der Waals surface area contributed by atoms with E-state index < -0.39 is 6.04 Å². The van der Waals surface area contributed by atoms with Gasteiger partial charge in [0.25, 0.3) is 0 Å². The van der Waals surface area contributed by atoms with Crippen LogP contribution in [0.5, 0.6) is 0 Å². The normalized spacial score (nSPS) is 18.6. The molecule has 1 amide bonds. The van der Waals surface area contributed by atoms with Crippen LogP contribution < -0.4 is 16.0 Å². The predicted molar refractivity (Wildman–Crippen MR) is 79.5 cm³/mol. The van der Waals surface area contributed by atoms with E-state index >= 15 is 0 Å². The van der Waals surface area contributed by atoms with Gasteiger partial charge in [0, 0.05) is 30.9 Å². The summed E-state index contributed by atoms with van der Waals surface area (Å²) in [6.07, 6.45) is 0.874. The fraction of sp³-hybridized carbons (Fsp3) is 0.533. The van der Waals surface area contributed by atoms with E-state index in [1.165, 1.54) is 6.07 Å². The Morgan fingerprint density at radius 3 is 3.05 bits per heavy atom. The maximum Gasteiger partial charge on any atom is 0.245 e. The van der Waals surface area contributed by atoms with Gasteiger partial charge in [-0.1, -0.05) is 13.0 Å². The molecule has 0 radical (unpaired) electrons. The zero-order chi connectivity index (χ0) is 15.2. The number of nitrogens with zero attached hydrogens (tertiary/aromatic N) is 1. The highest BCUT2D eigenvalue weighted by molar-refractivity contribution is 5.85. The average molecular weight is 295 g/mol. The molecule has 116 valence electrons. The third kappa shape index (κ3) is 3.71. The molecule has 1 aliphatic rings. The second kappa shape index (κ2) is 7.38. The molecule has 0 aromatic heterocycles. The molecule has 1 aromatic carbocycles. The Labute approximate surface area is 124 Å². The minimum Gasteiger partial charge on any atom is -0.377 e. The zero-order valence-corrected chi connectivity index (χ0v) is 12.3. The summed E-state index contributed by atoms with van der Waals surface area (Å²) in [6, 6.07) is 4.49. The van der Waals surface area contributed by atoms with E-state index in [0.717, 1.165) is 6.42 Å². The molecule has 1 saturated heterocycles. The van der Waals surface area contributed by atoms with E-state index in [2.05, 4.69) is 5.32 Å². The summed E-state index contributed by atoms with van der Waals surface area (Å²) in [5, 5.41) is 2.86. The molecule has 6 heteroatoms. The second-order valence-electron chi connectivity index (χ2n) is 5.05. The molecule has 0 aliphatic carbocycles. The van der Waals surface area contributed by atoms with Crippen molar-refractivity contribution in [1.82, 2.24) is 5.32 Å². The van der Waals surface area contributed by atoms with Crippen molar-refractivity contribution >= 4 is 11.6 Å². The lowest BCUT2D eigenvalue weighted by molar-refractivity contribution is -0.124. The first-order chi connectivity index (χ1) is 10.2. The first-order valence-electron chi connectivity index (χ1n) is 7.28. The fourth-order valence-corrected chi connectivity index (χ4v) is 2.38. The summed E-state index contributed by atoms with van der Waals surface area (Å²) in [6.45, 7) is 4.19. The Morgan fingerprint density at radius 2 is 2.38 bits per heavy atom. The lowest BCUT2D eigenvalue weighted by Crippen LogP contribution is -2.54. The van der Waals surface area contributed by atoms with Crippen molar-refractivity contribution < 1.29 is 13.9 Å². The first-order valence-corrected chi connectivity index (χ1v) is 7.28. The second-order valence-corrected chi connectivity index (χ2v) is 5.05. The van der Waals surface area contributed by atoms with E-state index in [-0.39, 0.29) is 18.3 Å². The minimum absolute atomic E-state index is 0.0835. The molecule has 1 aliphatic heterocycles. The van der Waals surface area contributed by atoms with Gasteiger partial charge in [-0.15, -0.1) is 0 Å². The van der Waals surface area contributed by atoms with Crippen molar-refractivity contribution in [2.75, 3.05) is 31.2 Å². The quantitative estimate of drug-likeness (QED) is 0.851. The molecule has 1 fully saturated rings. The number of carbonyl (C=O) groups is 1. The predicted octanol–water partition coefficient (Wildman–Crippen LogP) is 1.02. The number of ether oxygens (including phenoxy) is 1. The molecule has 1 aromatic rings. The SMILES string of the molecule is CCCNC(=O)C1COCCN1c1ccc(CN)c(F)c1. The van der Waals surface area contributed by atoms with Crippen molar-refractivity contribution in [2.24, 2.45) is 5.73 Å². The third-order valence-electron chi connectivity index (χ3n) is 3.57. The number of hydrogen-bond donors (Lipinski definition) is 2. The smallest absolute Gasteiger partial charge is 0.245 e. The molecule has 1 atom stereocenters. The van der Waals surface area contributed by atoms with Gasteiger partial charge in [0.1, 0.15) is 11.9 Å². The van der Waals surface area contributed by atoms with E-state index in [4.69, 9.17) is 10.5 Å². The summed E-state index contributed by atoms with van der Waals surface area (Å²) in [5.74, 6) is -0.422. The van der Waals surface area contributed by atoms with Crippen molar-refractivity contribution in [1.29, 1.82) is 0 Å². The summed E-state index contributed by atoms with van der Waals surface area (Å²) >= 11 is 0. The number of halogens is 1. The number of rotatable bonds is 5. The zero-order valence-electron chi connectivity index (χ0n) is 12.3. The molecular formula is C15H22FN3O2. The van der Waals surface area contributed by atoms with Gasteiger partial charge in [0.15, 0.2) is 0 Å². The summed E-state index contributed by atoms with van der Waals surface area (Å²) in [7, 11) is 0. The molecule has 0 bridgehead atoms. The molecule has 3 N–H and O–H groups in total. The van der Waals surface area contributed by atoms with Crippen LogP contribution in [0, 0.1) is 5.82 Å². The van der Waals surface area contributed by atoms with Crippen LogP contribution in [0.15, 0.2) is 18.2 Å². The molecule has 1 heterocycles. The van der Waals surface area contributed by atoms with Crippen LogP contribution in [0.3, 0.4) is 0 Å². The number of morpholine rings is 1. The van der Waals surface area contributed by atoms with Crippen LogP contribution in [0.25, 0.3) is 0 Å². The van der Waals surface area contributed by atoms with Crippen LogP contribution in [0.2, 0.25) is 0 Å². The highest BCUT2D eigenvalue weighted by atomic mass is 19.1. The number of carbonyl (C=O) groups excluding carboxylic acids is 1. The van der Waals surface area contributed by atoms with Gasteiger partial charge in [-0.05, 0) is 18.6 Å². The molecular weight excluding hydrogens is 273 g/mol.